The Morgan fingerprint density at radius 3 is 2.75 bits per heavy atom. The smallest absolute Gasteiger partial charge is 0.156 e. The molecule has 4 aromatic rings. The molecule has 1 unspecified atom stereocenters. The summed E-state index contributed by atoms with van der Waals surface area (Å²) in [6, 6.07) is 8.38. The van der Waals surface area contributed by atoms with Gasteiger partial charge in [-0.15, -0.1) is 0 Å². The van der Waals surface area contributed by atoms with Crippen LogP contribution in [0.1, 0.15) is 36.2 Å². The van der Waals surface area contributed by atoms with E-state index in [0.29, 0.717) is 34.4 Å². The van der Waals surface area contributed by atoms with E-state index in [0.717, 1.165) is 22.4 Å². The Labute approximate surface area is 187 Å². The third kappa shape index (κ3) is 3.92. The summed E-state index contributed by atoms with van der Waals surface area (Å²) in [6.07, 6.45) is 4.04. The first kappa shape index (κ1) is 22.1. The van der Waals surface area contributed by atoms with Crippen molar-refractivity contribution in [2.75, 3.05) is 13.9 Å². The number of aromatic amines is 1. The molecule has 2 radical (unpaired) electrons. The first-order valence-electron chi connectivity index (χ1n) is 10.4. The molecule has 0 saturated heterocycles. The quantitative estimate of drug-likeness (QED) is 0.358. The van der Waals surface area contributed by atoms with Gasteiger partial charge in [-0.1, -0.05) is 19.1 Å². The van der Waals surface area contributed by atoms with Crippen molar-refractivity contribution in [3.05, 3.63) is 70.9 Å². The largest absolute Gasteiger partial charge is 0.359 e. The van der Waals surface area contributed by atoms with Crippen molar-refractivity contribution in [2.24, 2.45) is 0 Å². The van der Waals surface area contributed by atoms with Gasteiger partial charge in [-0.25, -0.2) is 9.37 Å². The molecule has 3 aromatic heterocycles. The number of fused-ring (bicyclic) bond motifs is 1. The summed E-state index contributed by atoms with van der Waals surface area (Å²) in [4.78, 5) is 16.8. The lowest BCUT2D eigenvalue weighted by Gasteiger charge is -2.33. The Bertz CT molecular complexity index is 1280. The number of hydrogen-bond acceptors (Lipinski definition) is 5. The van der Waals surface area contributed by atoms with Crippen LogP contribution in [0.2, 0.25) is 0 Å². The SMILES string of the molecule is [B]c1cnc2[nH]cc(-c3cc(C(C)(OCOC)c4cccc(F)c4)c(C)c(CC)n3)c2n1. The molecule has 32 heavy (non-hydrogen) atoms. The van der Waals surface area contributed by atoms with Crippen LogP contribution in [-0.4, -0.2) is 41.7 Å². The Morgan fingerprint density at radius 1 is 1.22 bits per heavy atom. The van der Waals surface area contributed by atoms with Gasteiger partial charge in [0.2, 0.25) is 0 Å². The topological polar surface area (TPSA) is 72.9 Å². The Kier molecular flexibility index (Phi) is 6.08. The van der Waals surface area contributed by atoms with Crippen molar-refractivity contribution >= 4 is 24.6 Å². The first-order chi connectivity index (χ1) is 15.4. The average molecular weight is 430 g/mol. The van der Waals surface area contributed by atoms with E-state index in [1.807, 2.05) is 39.1 Å². The first-order valence-corrected chi connectivity index (χ1v) is 10.4. The third-order valence-electron chi connectivity index (χ3n) is 5.74. The van der Waals surface area contributed by atoms with Crippen molar-refractivity contribution in [3.8, 4) is 11.3 Å². The van der Waals surface area contributed by atoms with Gasteiger partial charge >= 0.3 is 0 Å². The number of benzene rings is 1. The van der Waals surface area contributed by atoms with E-state index in [2.05, 4.69) is 15.0 Å². The van der Waals surface area contributed by atoms with E-state index in [1.165, 1.54) is 18.3 Å². The number of halogens is 1. The normalized spacial score (nSPS) is 13.4. The lowest BCUT2D eigenvalue weighted by Crippen LogP contribution is -2.30. The Hall–Kier alpha value is -3.10. The molecule has 4 rings (SSSR count). The molecular formula is C24H24BFN4O2. The summed E-state index contributed by atoms with van der Waals surface area (Å²) >= 11 is 0. The molecule has 1 aromatic carbocycles. The molecule has 0 aliphatic heterocycles. The molecule has 0 aliphatic carbocycles. The van der Waals surface area contributed by atoms with Crippen molar-refractivity contribution in [1.82, 2.24) is 19.9 Å². The molecule has 0 bridgehead atoms. The molecule has 0 spiro atoms. The van der Waals surface area contributed by atoms with Crippen LogP contribution in [0.25, 0.3) is 22.4 Å². The third-order valence-corrected chi connectivity index (χ3v) is 5.74. The number of aromatic nitrogens is 4. The number of methoxy groups -OCH3 is 1. The molecule has 1 N–H and O–H groups in total. The highest BCUT2D eigenvalue weighted by atomic mass is 19.1. The molecule has 0 fully saturated rings. The highest BCUT2D eigenvalue weighted by molar-refractivity contribution is 6.30. The van der Waals surface area contributed by atoms with Gasteiger partial charge in [-0.05, 0) is 55.2 Å². The number of H-pyrrole nitrogens is 1. The number of nitrogens with one attached hydrogen (secondary N) is 1. The zero-order valence-corrected chi connectivity index (χ0v) is 18.6. The van der Waals surface area contributed by atoms with Crippen molar-refractivity contribution < 1.29 is 13.9 Å². The van der Waals surface area contributed by atoms with Crippen LogP contribution < -0.4 is 5.59 Å². The second-order valence-corrected chi connectivity index (χ2v) is 7.77. The van der Waals surface area contributed by atoms with E-state index >= 15 is 0 Å². The van der Waals surface area contributed by atoms with Gasteiger partial charge in [0, 0.05) is 36.4 Å². The number of nitrogens with zero attached hydrogens (tertiary/aromatic N) is 3. The number of rotatable bonds is 7. The van der Waals surface area contributed by atoms with Crippen LogP contribution >= 0.6 is 0 Å². The number of pyridine rings is 1. The minimum absolute atomic E-state index is 0.0423. The zero-order chi connectivity index (χ0) is 22.9. The van der Waals surface area contributed by atoms with Crippen molar-refractivity contribution in [2.45, 2.75) is 32.8 Å². The van der Waals surface area contributed by atoms with Gasteiger partial charge in [-0.3, -0.25) is 9.97 Å². The maximum Gasteiger partial charge on any atom is 0.156 e. The minimum Gasteiger partial charge on any atom is -0.359 e. The fourth-order valence-electron chi connectivity index (χ4n) is 4.02. The molecule has 1 atom stereocenters. The molecule has 3 heterocycles. The predicted molar refractivity (Wildman–Crippen MR) is 122 cm³/mol. The van der Waals surface area contributed by atoms with E-state index in [9.17, 15) is 4.39 Å². The second kappa shape index (κ2) is 8.80. The van der Waals surface area contributed by atoms with Gasteiger partial charge in [-0.2, -0.15) is 0 Å². The van der Waals surface area contributed by atoms with E-state index in [4.69, 9.17) is 22.3 Å². The lowest BCUT2D eigenvalue weighted by atomic mass is 9.84. The minimum atomic E-state index is -0.972. The van der Waals surface area contributed by atoms with Gasteiger partial charge in [0.25, 0.3) is 0 Å². The number of ether oxygens (including phenoxy) is 2. The summed E-state index contributed by atoms with van der Waals surface area (Å²) < 4.78 is 25.6. The van der Waals surface area contributed by atoms with Crippen LogP contribution in [0.3, 0.4) is 0 Å². The monoisotopic (exact) mass is 430 g/mol. The summed E-state index contributed by atoms with van der Waals surface area (Å²) in [5.41, 5.74) is 5.54. The van der Waals surface area contributed by atoms with Crippen LogP contribution in [0.5, 0.6) is 0 Å². The van der Waals surface area contributed by atoms with Crippen LogP contribution in [0.4, 0.5) is 4.39 Å². The van der Waals surface area contributed by atoms with Crippen molar-refractivity contribution in [3.63, 3.8) is 0 Å². The summed E-state index contributed by atoms with van der Waals surface area (Å²) in [7, 11) is 7.44. The fourth-order valence-corrected chi connectivity index (χ4v) is 4.02. The predicted octanol–water partition coefficient (Wildman–Crippen LogP) is 3.71. The van der Waals surface area contributed by atoms with Gasteiger partial charge < -0.3 is 14.5 Å². The second-order valence-electron chi connectivity index (χ2n) is 7.77. The fraction of sp³-hybridized carbons (Fsp3) is 0.292. The average Bonchev–Trinajstić information content (AvgIpc) is 3.20. The van der Waals surface area contributed by atoms with Gasteiger partial charge in [0.15, 0.2) is 5.65 Å². The molecule has 0 saturated carbocycles. The van der Waals surface area contributed by atoms with Crippen molar-refractivity contribution in [1.29, 1.82) is 0 Å². The molecule has 6 nitrogen and oxygen atoms in total. The molecule has 162 valence electrons. The summed E-state index contributed by atoms with van der Waals surface area (Å²) in [6.45, 7) is 6.01. The zero-order valence-electron chi connectivity index (χ0n) is 18.6. The molecule has 0 amide bonds. The molecular weight excluding hydrogens is 406 g/mol. The van der Waals surface area contributed by atoms with Gasteiger partial charge in [0.05, 0.1) is 5.69 Å². The van der Waals surface area contributed by atoms with Crippen LogP contribution in [-0.2, 0) is 21.5 Å². The van der Waals surface area contributed by atoms with Crippen LogP contribution in [0, 0.1) is 12.7 Å². The molecule has 8 heteroatoms. The highest BCUT2D eigenvalue weighted by Crippen LogP contribution is 2.39. The van der Waals surface area contributed by atoms with E-state index in [-0.39, 0.29) is 12.6 Å². The van der Waals surface area contributed by atoms with E-state index < -0.39 is 5.60 Å². The standard InChI is InChI=1S/C24H24BFN4O2/c1-5-19-14(2)18(24(3,32-13-31-4)15-7-6-8-16(26)9-15)10-20(29-19)17-11-27-23-22(17)30-21(25)12-28-23/h6-12H,5,13H2,1-4H3,(H,27,28). The summed E-state index contributed by atoms with van der Waals surface area (Å²) in [5, 5.41) is 0. The Balaban J connectivity index is 1.97. The maximum atomic E-state index is 14.2. The number of hydrogen-bond donors (Lipinski definition) is 1. The van der Waals surface area contributed by atoms with Crippen LogP contribution in [0.15, 0.2) is 42.7 Å². The van der Waals surface area contributed by atoms with Gasteiger partial charge in [0.1, 0.15) is 31.6 Å². The Morgan fingerprint density at radius 2 is 2.03 bits per heavy atom. The van der Waals surface area contributed by atoms with E-state index in [1.54, 1.807) is 13.2 Å². The lowest BCUT2D eigenvalue weighted by molar-refractivity contribution is -0.107. The molecule has 0 aliphatic rings. The summed E-state index contributed by atoms with van der Waals surface area (Å²) in [5.74, 6) is -0.334. The highest BCUT2D eigenvalue weighted by Gasteiger charge is 2.34. The maximum absolute atomic E-state index is 14.2. The number of aryl methyl sites for hydroxylation is 1.